The maximum absolute atomic E-state index is 5.57. The van der Waals surface area contributed by atoms with Crippen molar-refractivity contribution in [2.75, 3.05) is 18.6 Å². The minimum atomic E-state index is 0.347. The molecule has 0 fully saturated rings. The summed E-state index contributed by atoms with van der Waals surface area (Å²) in [5, 5.41) is 0. The molecule has 98 valence electrons. The zero-order valence-electron chi connectivity index (χ0n) is 10.8. The molecule has 0 spiro atoms. The van der Waals surface area contributed by atoms with Crippen LogP contribution in [0.1, 0.15) is 11.4 Å². The summed E-state index contributed by atoms with van der Waals surface area (Å²) in [5.41, 5.74) is 7.91. The highest BCUT2D eigenvalue weighted by Gasteiger charge is 2.14. The zero-order chi connectivity index (χ0) is 13.2. The third-order valence-corrected chi connectivity index (χ3v) is 3.28. The molecule has 1 aromatic heterocycles. The highest BCUT2D eigenvalue weighted by Crippen LogP contribution is 2.31. The monoisotopic (exact) mass is 256 g/mol. The summed E-state index contributed by atoms with van der Waals surface area (Å²) in [4.78, 5) is 10.6. The van der Waals surface area contributed by atoms with Gasteiger partial charge in [0.15, 0.2) is 0 Å². The predicted molar refractivity (Wildman–Crippen MR) is 73.6 cm³/mol. The van der Waals surface area contributed by atoms with Crippen molar-refractivity contribution >= 4 is 11.5 Å². The minimum absolute atomic E-state index is 0.347. The molecule has 1 aromatic carbocycles. The quantitative estimate of drug-likeness (QED) is 0.904. The van der Waals surface area contributed by atoms with Gasteiger partial charge in [0.1, 0.15) is 17.4 Å². The molecule has 2 heterocycles. The van der Waals surface area contributed by atoms with Crippen LogP contribution in [0.25, 0.3) is 0 Å². The van der Waals surface area contributed by atoms with Gasteiger partial charge in [-0.1, -0.05) is 0 Å². The number of nitrogens with two attached hydrogens (primary N) is 1. The maximum Gasteiger partial charge on any atom is 0.144 e. The molecule has 0 amide bonds. The number of aromatic nitrogens is 2. The van der Waals surface area contributed by atoms with Gasteiger partial charge in [-0.05, 0) is 29.8 Å². The second-order valence-electron chi connectivity index (χ2n) is 4.48. The highest BCUT2D eigenvalue weighted by molar-refractivity contribution is 5.62. The Hall–Kier alpha value is -2.14. The second kappa shape index (κ2) is 4.85. The van der Waals surface area contributed by atoms with E-state index < -0.39 is 0 Å². The van der Waals surface area contributed by atoms with Crippen LogP contribution in [-0.4, -0.2) is 23.6 Å². The maximum atomic E-state index is 5.57. The summed E-state index contributed by atoms with van der Waals surface area (Å²) >= 11 is 0. The molecule has 1 aliphatic heterocycles. The van der Waals surface area contributed by atoms with Crippen LogP contribution in [0.2, 0.25) is 0 Å². The van der Waals surface area contributed by atoms with Gasteiger partial charge in [0, 0.05) is 25.4 Å². The molecule has 0 atom stereocenters. The number of benzene rings is 1. The van der Waals surface area contributed by atoms with Gasteiger partial charge in [-0.25, -0.2) is 9.97 Å². The van der Waals surface area contributed by atoms with Crippen molar-refractivity contribution in [3.8, 4) is 5.75 Å². The van der Waals surface area contributed by atoms with Crippen LogP contribution in [0.3, 0.4) is 0 Å². The summed E-state index contributed by atoms with van der Waals surface area (Å²) in [5.74, 6) is 2.48. The zero-order valence-corrected chi connectivity index (χ0v) is 10.8. The third kappa shape index (κ3) is 2.24. The molecule has 0 saturated heterocycles. The van der Waals surface area contributed by atoms with Crippen molar-refractivity contribution in [3.63, 3.8) is 0 Å². The van der Waals surface area contributed by atoms with Crippen LogP contribution in [-0.2, 0) is 13.0 Å². The summed E-state index contributed by atoms with van der Waals surface area (Å²) in [6.07, 6.45) is 2.70. The molecular formula is C14H16N4O. The highest BCUT2D eigenvalue weighted by atomic mass is 16.5. The van der Waals surface area contributed by atoms with Crippen LogP contribution in [0.5, 0.6) is 5.75 Å². The third-order valence-electron chi connectivity index (χ3n) is 3.28. The van der Waals surface area contributed by atoms with E-state index in [-0.39, 0.29) is 0 Å². The number of rotatable bonds is 3. The largest absolute Gasteiger partial charge is 0.493 e. The number of anilines is 2. The van der Waals surface area contributed by atoms with Crippen LogP contribution in [0.4, 0.5) is 11.5 Å². The van der Waals surface area contributed by atoms with Gasteiger partial charge >= 0.3 is 0 Å². The molecule has 0 saturated carbocycles. The minimum Gasteiger partial charge on any atom is -0.493 e. The van der Waals surface area contributed by atoms with Crippen molar-refractivity contribution in [1.82, 2.24) is 9.97 Å². The average molecular weight is 256 g/mol. The molecule has 2 aromatic rings. The number of hydrogen-bond acceptors (Lipinski definition) is 5. The summed E-state index contributed by atoms with van der Waals surface area (Å²) in [6.45, 7) is 1.12. The van der Waals surface area contributed by atoms with Crippen LogP contribution >= 0.6 is 0 Å². The van der Waals surface area contributed by atoms with Gasteiger partial charge in [-0.3, -0.25) is 0 Å². The van der Waals surface area contributed by atoms with E-state index in [1.807, 2.05) is 30.1 Å². The van der Waals surface area contributed by atoms with Gasteiger partial charge in [0.2, 0.25) is 0 Å². The van der Waals surface area contributed by atoms with Gasteiger partial charge in [0.05, 0.1) is 13.2 Å². The molecule has 5 nitrogen and oxygen atoms in total. The summed E-state index contributed by atoms with van der Waals surface area (Å²) in [6, 6.07) is 8.07. The van der Waals surface area contributed by atoms with E-state index in [4.69, 9.17) is 10.5 Å². The molecule has 1 aliphatic rings. The van der Waals surface area contributed by atoms with E-state index in [0.717, 1.165) is 30.3 Å². The first-order valence-corrected chi connectivity index (χ1v) is 6.29. The fraction of sp³-hybridized carbons (Fsp3) is 0.286. The Morgan fingerprint density at radius 1 is 1.37 bits per heavy atom. The fourth-order valence-corrected chi connectivity index (χ4v) is 2.19. The molecule has 0 bridgehead atoms. The van der Waals surface area contributed by atoms with Gasteiger partial charge < -0.3 is 15.4 Å². The summed E-state index contributed by atoms with van der Waals surface area (Å²) in [7, 11) is 1.99. The topological polar surface area (TPSA) is 64.3 Å². The number of nitrogens with zero attached hydrogens (tertiary/aromatic N) is 3. The van der Waals surface area contributed by atoms with E-state index in [0.29, 0.717) is 12.4 Å². The van der Waals surface area contributed by atoms with E-state index in [1.54, 1.807) is 6.20 Å². The van der Waals surface area contributed by atoms with Crippen LogP contribution in [0, 0.1) is 0 Å². The fourth-order valence-electron chi connectivity index (χ4n) is 2.19. The van der Waals surface area contributed by atoms with E-state index in [1.165, 1.54) is 5.56 Å². The van der Waals surface area contributed by atoms with Gasteiger partial charge in [-0.15, -0.1) is 0 Å². The van der Waals surface area contributed by atoms with E-state index >= 15 is 0 Å². The molecule has 19 heavy (non-hydrogen) atoms. The molecule has 0 aliphatic carbocycles. The SMILES string of the molecule is CN(c1ccc2c(c1)CCO2)c1ccnc(CN)n1. The Morgan fingerprint density at radius 2 is 2.26 bits per heavy atom. The van der Waals surface area contributed by atoms with Crippen molar-refractivity contribution < 1.29 is 4.74 Å². The first-order chi connectivity index (χ1) is 9.28. The lowest BCUT2D eigenvalue weighted by Gasteiger charge is -2.19. The molecule has 2 N–H and O–H groups in total. The average Bonchev–Trinajstić information content (AvgIpc) is 2.94. The first-order valence-electron chi connectivity index (χ1n) is 6.29. The van der Waals surface area contributed by atoms with Gasteiger partial charge in [0.25, 0.3) is 0 Å². The standard InChI is InChI=1S/C14H16N4O/c1-18(14-4-6-16-13(9-15)17-14)11-2-3-12-10(8-11)5-7-19-12/h2-4,6,8H,5,7,9,15H2,1H3. The molecular weight excluding hydrogens is 240 g/mol. The lowest BCUT2D eigenvalue weighted by atomic mass is 10.1. The molecule has 0 unspecified atom stereocenters. The van der Waals surface area contributed by atoms with E-state index in [9.17, 15) is 0 Å². The Morgan fingerprint density at radius 3 is 3.11 bits per heavy atom. The normalized spacial score (nSPS) is 12.9. The number of hydrogen-bond donors (Lipinski definition) is 1. The van der Waals surface area contributed by atoms with Crippen LogP contribution in [0.15, 0.2) is 30.5 Å². The smallest absolute Gasteiger partial charge is 0.144 e. The summed E-state index contributed by atoms with van der Waals surface area (Å²) < 4.78 is 5.51. The van der Waals surface area contributed by atoms with Crippen molar-refractivity contribution in [2.45, 2.75) is 13.0 Å². The van der Waals surface area contributed by atoms with Crippen molar-refractivity contribution in [1.29, 1.82) is 0 Å². The lowest BCUT2D eigenvalue weighted by Crippen LogP contribution is -2.13. The van der Waals surface area contributed by atoms with Crippen molar-refractivity contribution in [2.24, 2.45) is 5.73 Å². The Kier molecular flexibility index (Phi) is 3.05. The molecule has 3 rings (SSSR count). The molecule has 5 heteroatoms. The molecule has 0 radical (unpaired) electrons. The Labute approximate surface area is 112 Å². The van der Waals surface area contributed by atoms with Gasteiger partial charge in [-0.2, -0.15) is 0 Å². The van der Waals surface area contributed by atoms with E-state index in [2.05, 4.69) is 16.0 Å². The Balaban J connectivity index is 1.92. The number of fused-ring (bicyclic) bond motifs is 1. The lowest BCUT2D eigenvalue weighted by molar-refractivity contribution is 0.357. The van der Waals surface area contributed by atoms with Crippen molar-refractivity contribution in [3.05, 3.63) is 41.9 Å². The second-order valence-corrected chi connectivity index (χ2v) is 4.48. The van der Waals surface area contributed by atoms with Crippen LogP contribution < -0.4 is 15.4 Å². The number of ether oxygens (including phenoxy) is 1. The predicted octanol–water partition coefficient (Wildman–Crippen LogP) is 1.64. The first kappa shape index (κ1) is 11.9. The Bertz CT molecular complexity index is 600.